The number of nitrogens with zero attached hydrogens (tertiary/aromatic N) is 4. The molecule has 0 unspecified atom stereocenters. The molecule has 154 valence electrons. The molecule has 0 fully saturated rings. The van der Waals surface area contributed by atoms with Gasteiger partial charge in [0.2, 0.25) is 0 Å². The van der Waals surface area contributed by atoms with E-state index in [9.17, 15) is 4.79 Å². The van der Waals surface area contributed by atoms with Crippen LogP contribution in [-0.2, 0) is 5.75 Å². The Hall–Kier alpha value is -3.43. The molecule has 0 amide bonds. The summed E-state index contributed by atoms with van der Waals surface area (Å²) in [7, 11) is 1.65. The summed E-state index contributed by atoms with van der Waals surface area (Å²) in [4.78, 5) is 24.7. The van der Waals surface area contributed by atoms with Crippen molar-refractivity contribution in [3.05, 3.63) is 82.2 Å². The number of hydrogen-bond acceptors (Lipinski definition) is 7. The number of aromatic nitrogens is 5. The van der Waals surface area contributed by atoms with E-state index in [-0.39, 0.29) is 5.56 Å². The summed E-state index contributed by atoms with van der Waals surface area (Å²) < 4.78 is 7.11. The van der Waals surface area contributed by atoms with Gasteiger partial charge < -0.3 is 9.72 Å². The number of nitrogens with one attached hydrogen (secondary N) is 1. The number of methoxy groups -OCH3 is 1. The summed E-state index contributed by atoms with van der Waals surface area (Å²) in [5, 5.41) is 8.24. The van der Waals surface area contributed by atoms with E-state index >= 15 is 0 Å². The van der Waals surface area contributed by atoms with Crippen molar-refractivity contribution in [2.24, 2.45) is 0 Å². The van der Waals surface area contributed by atoms with Gasteiger partial charge in [-0.2, -0.15) is 5.10 Å². The number of para-hydroxylation sites is 2. The third-order valence-corrected chi connectivity index (χ3v) is 6.49. The van der Waals surface area contributed by atoms with Gasteiger partial charge in [0, 0.05) is 11.1 Å². The van der Waals surface area contributed by atoms with Gasteiger partial charge in [0.1, 0.15) is 16.1 Å². The first-order chi connectivity index (χ1) is 15.2. The van der Waals surface area contributed by atoms with Gasteiger partial charge in [0.05, 0.1) is 30.3 Å². The van der Waals surface area contributed by atoms with Gasteiger partial charge in [-0.15, -0.1) is 11.3 Å². The number of hydrogen-bond donors (Lipinski definition) is 1. The van der Waals surface area contributed by atoms with Crippen LogP contribution in [0.25, 0.3) is 27.3 Å². The first-order valence-electron chi connectivity index (χ1n) is 9.47. The Morgan fingerprint density at radius 2 is 1.90 bits per heavy atom. The summed E-state index contributed by atoms with van der Waals surface area (Å²) in [6, 6.07) is 17.5. The van der Waals surface area contributed by atoms with Crippen LogP contribution >= 0.6 is 23.1 Å². The Labute approximate surface area is 185 Å². The van der Waals surface area contributed by atoms with Gasteiger partial charge in [-0.1, -0.05) is 42.1 Å². The van der Waals surface area contributed by atoms with Crippen molar-refractivity contribution >= 4 is 34.1 Å². The van der Waals surface area contributed by atoms with Gasteiger partial charge in [-0.3, -0.25) is 4.79 Å². The zero-order chi connectivity index (χ0) is 21.2. The summed E-state index contributed by atoms with van der Waals surface area (Å²) in [5.41, 5.74) is 3.06. The Morgan fingerprint density at radius 3 is 2.74 bits per heavy atom. The van der Waals surface area contributed by atoms with E-state index in [2.05, 4.69) is 15.1 Å². The molecule has 0 aliphatic rings. The number of ether oxygens (including phenoxy) is 1. The van der Waals surface area contributed by atoms with Crippen LogP contribution in [-0.4, -0.2) is 31.8 Å². The lowest BCUT2D eigenvalue weighted by molar-refractivity contribution is 0.416. The van der Waals surface area contributed by atoms with Gasteiger partial charge in [-0.25, -0.2) is 14.6 Å². The monoisotopic (exact) mass is 447 g/mol. The third-order valence-electron chi connectivity index (χ3n) is 4.66. The number of fused-ring (bicyclic) bond motifs is 1. The van der Waals surface area contributed by atoms with Gasteiger partial charge in [-0.05, 0) is 24.3 Å². The highest BCUT2D eigenvalue weighted by Gasteiger charge is 2.13. The second-order valence-corrected chi connectivity index (χ2v) is 8.46. The summed E-state index contributed by atoms with van der Waals surface area (Å²) in [6.45, 7) is 0. The molecule has 0 saturated carbocycles. The van der Waals surface area contributed by atoms with Crippen LogP contribution in [0.4, 0.5) is 0 Å². The molecule has 31 heavy (non-hydrogen) atoms. The minimum Gasteiger partial charge on any atom is -0.496 e. The molecular weight excluding hydrogens is 430 g/mol. The zero-order valence-corrected chi connectivity index (χ0v) is 18.1. The molecule has 3 heterocycles. The highest BCUT2D eigenvalue weighted by atomic mass is 32.2. The molecule has 0 aliphatic carbocycles. The van der Waals surface area contributed by atoms with Crippen molar-refractivity contribution in [3.63, 3.8) is 0 Å². The highest BCUT2D eigenvalue weighted by molar-refractivity contribution is 7.98. The predicted octanol–water partition coefficient (Wildman–Crippen LogP) is 4.53. The van der Waals surface area contributed by atoms with E-state index in [4.69, 9.17) is 9.72 Å². The first kappa shape index (κ1) is 19.5. The quantitative estimate of drug-likeness (QED) is 0.304. The number of thiazole rings is 1. The minimum absolute atomic E-state index is 0.206. The molecule has 0 bridgehead atoms. The average molecular weight is 448 g/mol. The fourth-order valence-electron chi connectivity index (χ4n) is 3.19. The fourth-order valence-corrected chi connectivity index (χ4v) is 4.89. The number of aromatic amines is 1. The Morgan fingerprint density at radius 1 is 1.10 bits per heavy atom. The van der Waals surface area contributed by atoms with Crippen molar-refractivity contribution in [2.45, 2.75) is 10.9 Å². The largest absolute Gasteiger partial charge is 0.496 e. The molecule has 9 heteroatoms. The molecule has 5 rings (SSSR count). The summed E-state index contributed by atoms with van der Waals surface area (Å²) in [6.07, 6.45) is 1.54. The Balaban J connectivity index is 1.41. The normalized spacial score (nSPS) is 11.1. The molecule has 0 radical (unpaired) electrons. The smallest absolute Gasteiger partial charge is 0.262 e. The van der Waals surface area contributed by atoms with E-state index in [1.807, 2.05) is 60.0 Å². The predicted molar refractivity (Wildman–Crippen MR) is 123 cm³/mol. The molecule has 0 spiro atoms. The maximum atomic E-state index is 12.5. The lowest BCUT2D eigenvalue weighted by atomic mass is 10.2. The number of benzene rings is 2. The third kappa shape index (κ3) is 3.85. The van der Waals surface area contributed by atoms with Crippen LogP contribution in [0.1, 0.15) is 5.69 Å². The van der Waals surface area contributed by atoms with E-state index in [0.717, 1.165) is 27.7 Å². The molecule has 0 aliphatic heterocycles. The Kier molecular flexibility index (Phi) is 5.27. The van der Waals surface area contributed by atoms with Crippen molar-refractivity contribution in [1.82, 2.24) is 24.7 Å². The lowest BCUT2D eigenvalue weighted by Crippen LogP contribution is -2.09. The molecule has 1 N–H and O–H groups in total. The molecule has 7 nitrogen and oxygen atoms in total. The maximum Gasteiger partial charge on any atom is 0.262 e. The topological polar surface area (TPSA) is 85.7 Å². The molecular formula is C22H17N5O2S2. The van der Waals surface area contributed by atoms with Crippen LogP contribution in [0, 0.1) is 0 Å². The van der Waals surface area contributed by atoms with Crippen LogP contribution in [0.2, 0.25) is 0 Å². The Bertz CT molecular complexity index is 1410. The first-order valence-corrected chi connectivity index (χ1v) is 11.3. The van der Waals surface area contributed by atoms with E-state index in [1.165, 1.54) is 11.8 Å². The van der Waals surface area contributed by atoms with Gasteiger partial charge in [0.25, 0.3) is 5.56 Å². The zero-order valence-electron chi connectivity index (χ0n) is 16.5. The van der Waals surface area contributed by atoms with E-state index < -0.39 is 0 Å². The SMILES string of the molecule is COc1ccccc1-c1nc(CSc2nc3c(cnn3-c3ccccc3)c(=O)[nH]2)cs1. The number of thioether (sulfide) groups is 1. The average Bonchev–Trinajstić information content (AvgIpc) is 3.46. The number of H-pyrrole nitrogens is 1. The highest BCUT2D eigenvalue weighted by Crippen LogP contribution is 2.33. The van der Waals surface area contributed by atoms with Crippen LogP contribution in [0.3, 0.4) is 0 Å². The second kappa shape index (κ2) is 8.37. The molecule has 0 atom stereocenters. The van der Waals surface area contributed by atoms with E-state index in [1.54, 1.807) is 29.3 Å². The maximum absolute atomic E-state index is 12.5. The lowest BCUT2D eigenvalue weighted by Gasteiger charge is -2.05. The molecule has 0 saturated heterocycles. The van der Waals surface area contributed by atoms with Crippen LogP contribution in [0.15, 0.2) is 76.1 Å². The molecule has 3 aromatic heterocycles. The number of rotatable bonds is 6. The van der Waals surface area contributed by atoms with E-state index in [0.29, 0.717) is 21.9 Å². The summed E-state index contributed by atoms with van der Waals surface area (Å²) >= 11 is 3.00. The van der Waals surface area contributed by atoms with Crippen molar-refractivity contribution in [3.8, 4) is 22.0 Å². The fraction of sp³-hybridized carbons (Fsp3) is 0.0909. The standard InChI is InChI=1S/C22H17N5O2S2/c1-29-18-10-6-5-9-16(18)21-24-14(12-30-21)13-31-22-25-19-17(20(28)26-22)11-23-27(19)15-7-3-2-4-8-15/h2-12H,13H2,1H3,(H,25,26,28). The molecule has 2 aromatic carbocycles. The van der Waals surface area contributed by atoms with Crippen molar-refractivity contribution in [2.75, 3.05) is 7.11 Å². The second-order valence-electron chi connectivity index (χ2n) is 6.63. The minimum atomic E-state index is -0.206. The molecule has 5 aromatic rings. The van der Waals surface area contributed by atoms with Gasteiger partial charge in [0.15, 0.2) is 10.8 Å². The summed E-state index contributed by atoms with van der Waals surface area (Å²) in [5.74, 6) is 1.38. The van der Waals surface area contributed by atoms with Gasteiger partial charge >= 0.3 is 0 Å². The van der Waals surface area contributed by atoms with Crippen LogP contribution in [0.5, 0.6) is 5.75 Å². The van der Waals surface area contributed by atoms with Crippen molar-refractivity contribution < 1.29 is 4.74 Å². The van der Waals surface area contributed by atoms with Crippen molar-refractivity contribution in [1.29, 1.82) is 0 Å². The van der Waals surface area contributed by atoms with Crippen LogP contribution < -0.4 is 10.3 Å².